The minimum Gasteiger partial charge on any atom is -0.449 e. The molecule has 1 aliphatic rings. The summed E-state index contributed by atoms with van der Waals surface area (Å²) < 4.78 is 5.18. The number of carbonyl (C=O) groups is 2. The van der Waals surface area contributed by atoms with Crippen LogP contribution in [0.3, 0.4) is 0 Å². The van der Waals surface area contributed by atoms with Crippen LogP contribution in [-0.4, -0.2) is 29.5 Å². The Kier molecular flexibility index (Phi) is 6.95. The highest BCUT2D eigenvalue weighted by atomic mass is 16.5. The molecule has 0 saturated carbocycles. The van der Waals surface area contributed by atoms with Gasteiger partial charge in [0.2, 0.25) is 0 Å². The first-order valence-corrected chi connectivity index (χ1v) is 9.82. The average Bonchev–Trinajstić information content (AvgIpc) is 2.72. The second-order valence-corrected chi connectivity index (χ2v) is 6.99. The van der Waals surface area contributed by atoms with E-state index >= 15 is 0 Å². The number of nitrogens with one attached hydrogen (secondary N) is 1. The lowest BCUT2D eigenvalue weighted by atomic mass is 9.97. The molecule has 0 aliphatic heterocycles. The molecule has 1 aromatic heterocycles. The van der Waals surface area contributed by atoms with Gasteiger partial charge in [0.15, 0.2) is 6.10 Å². The summed E-state index contributed by atoms with van der Waals surface area (Å²) in [6.07, 6.45) is 9.93. The van der Waals surface area contributed by atoms with E-state index in [-0.39, 0.29) is 5.91 Å². The fourth-order valence-corrected chi connectivity index (χ4v) is 3.22. The average molecular weight is 378 g/mol. The van der Waals surface area contributed by atoms with Gasteiger partial charge in [-0.15, -0.1) is 0 Å². The Labute approximate surface area is 165 Å². The van der Waals surface area contributed by atoms with Gasteiger partial charge in [0.25, 0.3) is 5.91 Å². The van der Waals surface area contributed by atoms with Gasteiger partial charge >= 0.3 is 5.97 Å². The van der Waals surface area contributed by atoms with Gasteiger partial charge < -0.3 is 10.1 Å². The number of hydrogen-bond donors (Lipinski definition) is 1. The highest BCUT2D eigenvalue weighted by Crippen LogP contribution is 2.19. The number of nitrogens with zero attached hydrogens (tertiary/aromatic N) is 1. The molecule has 1 unspecified atom stereocenters. The molecule has 0 fully saturated rings. The third-order valence-corrected chi connectivity index (χ3v) is 4.80. The lowest BCUT2D eigenvalue weighted by molar-refractivity contribution is -0.150. The van der Waals surface area contributed by atoms with Crippen LogP contribution in [0.1, 0.15) is 44.7 Å². The first kappa shape index (κ1) is 19.8. The monoisotopic (exact) mass is 378 g/mol. The maximum Gasteiger partial charge on any atom is 0.331 e. The standard InChI is InChI=1S/C23H26N2O3/c1-17(23(27)24-16-15-18-7-3-2-4-8-18)28-22(26)14-13-20-12-11-19-9-5-6-10-21(19)25-20/h5-7,9-14,17H,2-4,8,15-16H2,1H3,(H,24,27)/b14-13+. The molecule has 1 aromatic carbocycles. The van der Waals surface area contributed by atoms with E-state index in [0.29, 0.717) is 12.2 Å². The second kappa shape index (κ2) is 9.83. The van der Waals surface area contributed by atoms with Crippen LogP contribution in [0.5, 0.6) is 0 Å². The zero-order valence-electron chi connectivity index (χ0n) is 16.2. The molecule has 5 nitrogen and oxygen atoms in total. The SMILES string of the molecule is CC(OC(=O)/C=C/c1ccc2ccccc2n1)C(=O)NCCC1=CCCCC1. The molecule has 5 heteroatoms. The number of allylic oxidation sites excluding steroid dienone is 1. The quantitative estimate of drug-likeness (QED) is 0.446. The van der Waals surface area contributed by atoms with Crippen molar-refractivity contribution in [1.29, 1.82) is 0 Å². The molecule has 1 atom stereocenters. The van der Waals surface area contributed by atoms with Crippen LogP contribution in [-0.2, 0) is 14.3 Å². The van der Waals surface area contributed by atoms with Crippen molar-refractivity contribution in [1.82, 2.24) is 10.3 Å². The van der Waals surface area contributed by atoms with Crippen LogP contribution >= 0.6 is 0 Å². The van der Waals surface area contributed by atoms with Crippen molar-refractivity contribution in [3.63, 3.8) is 0 Å². The van der Waals surface area contributed by atoms with Crippen molar-refractivity contribution in [3.8, 4) is 0 Å². The molecule has 1 N–H and O–H groups in total. The van der Waals surface area contributed by atoms with Crippen molar-refractivity contribution in [2.75, 3.05) is 6.54 Å². The van der Waals surface area contributed by atoms with E-state index in [1.54, 1.807) is 13.0 Å². The summed E-state index contributed by atoms with van der Waals surface area (Å²) in [5.74, 6) is -0.838. The van der Waals surface area contributed by atoms with Crippen molar-refractivity contribution >= 4 is 28.9 Å². The van der Waals surface area contributed by atoms with Crippen LogP contribution in [0.25, 0.3) is 17.0 Å². The molecule has 1 amide bonds. The molecule has 2 aromatic rings. The number of rotatable bonds is 7. The second-order valence-electron chi connectivity index (χ2n) is 6.99. The molecule has 3 rings (SSSR count). The number of aromatic nitrogens is 1. The van der Waals surface area contributed by atoms with Gasteiger partial charge in [-0.3, -0.25) is 4.79 Å². The third-order valence-electron chi connectivity index (χ3n) is 4.80. The van der Waals surface area contributed by atoms with Gasteiger partial charge in [-0.2, -0.15) is 0 Å². The summed E-state index contributed by atoms with van der Waals surface area (Å²) in [5.41, 5.74) is 2.93. The van der Waals surface area contributed by atoms with Crippen LogP contribution < -0.4 is 5.32 Å². The van der Waals surface area contributed by atoms with E-state index in [4.69, 9.17) is 4.74 Å². The molecule has 1 aliphatic carbocycles. The summed E-state index contributed by atoms with van der Waals surface area (Å²) >= 11 is 0. The van der Waals surface area contributed by atoms with E-state index in [9.17, 15) is 9.59 Å². The van der Waals surface area contributed by atoms with Crippen LogP contribution in [0, 0.1) is 0 Å². The zero-order valence-corrected chi connectivity index (χ0v) is 16.2. The molecule has 0 saturated heterocycles. The molecule has 28 heavy (non-hydrogen) atoms. The lowest BCUT2D eigenvalue weighted by Crippen LogP contribution is -2.36. The first-order chi connectivity index (χ1) is 13.6. The van der Waals surface area contributed by atoms with Crippen molar-refractivity contribution in [3.05, 3.63) is 59.8 Å². The molecule has 0 spiro atoms. The van der Waals surface area contributed by atoms with E-state index in [2.05, 4.69) is 16.4 Å². The fourth-order valence-electron chi connectivity index (χ4n) is 3.22. The topological polar surface area (TPSA) is 68.3 Å². The Bertz CT molecular complexity index is 902. The van der Waals surface area contributed by atoms with Gasteiger partial charge in [0.1, 0.15) is 0 Å². The predicted octanol–water partition coefficient (Wildman–Crippen LogP) is 4.19. The number of benzene rings is 1. The van der Waals surface area contributed by atoms with Crippen LogP contribution in [0.4, 0.5) is 0 Å². The molecule has 146 valence electrons. The summed E-state index contributed by atoms with van der Waals surface area (Å²) in [6.45, 7) is 2.15. The van der Waals surface area contributed by atoms with Gasteiger partial charge in [0, 0.05) is 18.0 Å². The summed E-state index contributed by atoms with van der Waals surface area (Å²) in [4.78, 5) is 28.6. The van der Waals surface area contributed by atoms with Gasteiger partial charge in [-0.05, 0) is 57.2 Å². The van der Waals surface area contributed by atoms with Crippen LogP contribution in [0.15, 0.2) is 54.1 Å². The third kappa shape index (κ3) is 5.78. The fraction of sp³-hybridized carbons (Fsp3) is 0.348. The summed E-state index contributed by atoms with van der Waals surface area (Å²) in [7, 11) is 0. The molecule has 1 heterocycles. The summed E-state index contributed by atoms with van der Waals surface area (Å²) in [5, 5.41) is 3.87. The van der Waals surface area contributed by atoms with E-state index in [1.165, 1.54) is 24.5 Å². The van der Waals surface area contributed by atoms with Crippen molar-refractivity contribution in [2.24, 2.45) is 0 Å². The zero-order chi connectivity index (χ0) is 19.8. The lowest BCUT2D eigenvalue weighted by Gasteiger charge is -2.15. The molecular weight excluding hydrogens is 352 g/mol. The Morgan fingerprint density at radius 3 is 2.89 bits per heavy atom. The molecule has 0 bridgehead atoms. The summed E-state index contributed by atoms with van der Waals surface area (Å²) in [6, 6.07) is 11.6. The first-order valence-electron chi connectivity index (χ1n) is 9.82. The minimum atomic E-state index is -0.831. The van der Waals surface area contributed by atoms with E-state index in [1.807, 2.05) is 36.4 Å². The highest BCUT2D eigenvalue weighted by Gasteiger charge is 2.16. The largest absolute Gasteiger partial charge is 0.449 e. The Hall–Kier alpha value is -2.95. The number of fused-ring (bicyclic) bond motifs is 1. The number of carbonyl (C=O) groups excluding carboxylic acids is 2. The number of ether oxygens (including phenoxy) is 1. The molecule has 0 radical (unpaired) electrons. The maximum absolute atomic E-state index is 12.1. The van der Waals surface area contributed by atoms with Crippen molar-refractivity contribution < 1.29 is 14.3 Å². The number of amides is 1. The Morgan fingerprint density at radius 1 is 1.21 bits per heavy atom. The Morgan fingerprint density at radius 2 is 2.07 bits per heavy atom. The van der Waals surface area contributed by atoms with Gasteiger partial charge in [-0.1, -0.05) is 35.9 Å². The smallest absolute Gasteiger partial charge is 0.331 e. The number of esters is 1. The number of hydrogen-bond acceptors (Lipinski definition) is 4. The van der Waals surface area contributed by atoms with E-state index in [0.717, 1.165) is 30.2 Å². The number of para-hydroxylation sites is 1. The van der Waals surface area contributed by atoms with E-state index < -0.39 is 12.1 Å². The number of pyridine rings is 1. The van der Waals surface area contributed by atoms with Gasteiger partial charge in [0.05, 0.1) is 11.2 Å². The Balaban J connectivity index is 1.45. The van der Waals surface area contributed by atoms with Crippen molar-refractivity contribution in [2.45, 2.75) is 45.1 Å². The predicted molar refractivity (Wildman–Crippen MR) is 111 cm³/mol. The molecular formula is C23H26N2O3. The van der Waals surface area contributed by atoms with Gasteiger partial charge in [-0.25, -0.2) is 9.78 Å². The highest BCUT2D eigenvalue weighted by molar-refractivity contribution is 5.90. The van der Waals surface area contributed by atoms with Crippen LogP contribution in [0.2, 0.25) is 0 Å². The maximum atomic E-state index is 12.1. The minimum absolute atomic E-state index is 0.276. The normalized spacial score (nSPS) is 15.2.